The third-order valence-electron chi connectivity index (χ3n) is 9.08. The minimum atomic E-state index is -0.248. The molecule has 58 heavy (non-hydrogen) atoms. The molecule has 0 saturated carbocycles. The number of fused-ring (bicyclic) bond motifs is 2. The SMILES string of the molecule is COc1cc(-c2nc(-c3ccc4cc(OCC(=O)NCCOCCOCCOCCNCc5ccc6cc(CCc7ccccc7)oc6c5)ccc4n3)no2)ccn1. The molecule has 0 radical (unpaired) electrons. The summed E-state index contributed by atoms with van der Waals surface area (Å²) in [5.74, 6) is 2.44. The minimum Gasteiger partial charge on any atom is -0.484 e. The van der Waals surface area contributed by atoms with Crippen LogP contribution in [0.2, 0.25) is 0 Å². The first-order valence-electron chi connectivity index (χ1n) is 19.2. The summed E-state index contributed by atoms with van der Waals surface area (Å²) < 4.78 is 39.2. The molecule has 4 heterocycles. The summed E-state index contributed by atoms with van der Waals surface area (Å²) in [6.45, 7) is 4.50. The van der Waals surface area contributed by atoms with Crippen LogP contribution in [0, 0.1) is 0 Å². The van der Waals surface area contributed by atoms with Crippen LogP contribution in [0.5, 0.6) is 11.6 Å². The predicted molar refractivity (Wildman–Crippen MR) is 218 cm³/mol. The van der Waals surface area contributed by atoms with Gasteiger partial charge in [0, 0.05) is 54.7 Å². The highest BCUT2D eigenvalue weighted by Crippen LogP contribution is 2.26. The van der Waals surface area contributed by atoms with E-state index < -0.39 is 0 Å². The van der Waals surface area contributed by atoms with Crippen molar-refractivity contribution in [2.75, 3.05) is 66.4 Å². The van der Waals surface area contributed by atoms with E-state index in [9.17, 15) is 4.79 Å². The highest BCUT2D eigenvalue weighted by atomic mass is 16.5. The highest BCUT2D eigenvalue weighted by molar-refractivity contribution is 5.83. The number of hydrogen-bond donors (Lipinski definition) is 2. The molecule has 7 rings (SSSR count). The minimum absolute atomic E-state index is 0.127. The first-order chi connectivity index (χ1) is 28.6. The van der Waals surface area contributed by atoms with Crippen LogP contribution in [0.15, 0.2) is 112 Å². The summed E-state index contributed by atoms with van der Waals surface area (Å²) >= 11 is 0. The van der Waals surface area contributed by atoms with Gasteiger partial charge >= 0.3 is 0 Å². The Bertz CT molecular complexity index is 2370. The number of ether oxygens (including phenoxy) is 5. The Balaban J connectivity index is 0.691. The van der Waals surface area contributed by atoms with Gasteiger partial charge in [-0.05, 0) is 60.0 Å². The maximum Gasteiger partial charge on any atom is 0.258 e. The monoisotopic (exact) mass is 786 g/mol. The van der Waals surface area contributed by atoms with Crippen molar-refractivity contribution >= 4 is 27.8 Å². The number of furan rings is 1. The summed E-state index contributed by atoms with van der Waals surface area (Å²) in [7, 11) is 1.54. The van der Waals surface area contributed by atoms with E-state index in [1.54, 1.807) is 37.6 Å². The lowest BCUT2D eigenvalue weighted by Gasteiger charge is -2.09. The normalized spacial score (nSPS) is 11.3. The molecule has 0 aliphatic rings. The van der Waals surface area contributed by atoms with Crippen LogP contribution in [-0.2, 0) is 38.4 Å². The largest absolute Gasteiger partial charge is 0.484 e. The predicted octanol–water partition coefficient (Wildman–Crippen LogP) is 6.22. The van der Waals surface area contributed by atoms with E-state index in [2.05, 4.69) is 79.3 Å². The van der Waals surface area contributed by atoms with Crippen molar-refractivity contribution in [1.29, 1.82) is 0 Å². The number of hydrogen-bond acceptors (Lipinski definition) is 13. The number of methoxy groups -OCH3 is 1. The molecule has 0 atom stereocenters. The van der Waals surface area contributed by atoms with Gasteiger partial charge in [-0.3, -0.25) is 4.79 Å². The van der Waals surface area contributed by atoms with Gasteiger partial charge in [0.1, 0.15) is 22.8 Å². The molecule has 0 bridgehead atoms. The van der Waals surface area contributed by atoms with Gasteiger partial charge in [-0.2, -0.15) is 4.98 Å². The third kappa shape index (κ3) is 11.7. The van der Waals surface area contributed by atoms with E-state index in [-0.39, 0.29) is 12.5 Å². The van der Waals surface area contributed by atoms with E-state index in [4.69, 9.17) is 32.6 Å². The Labute approximate surface area is 335 Å². The van der Waals surface area contributed by atoms with Crippen molar-refractivity contribution < 1.29 is 37.4 Å². The average molecular weight is 787 g/mol. The summed E-state index contributed by atoms with van der Waals surface area (Å²) in [4.78, 5) is 25.5. The fourth-order valence-electron chi connectivity index (χ4n) is 6.07. The zero-order valence-electron chi connectivity index (χ0n) is 32.4. The third-order valence-corrected chi connectivity index (χ3v) is 9.08. The van der Waals surface area contributed by atoms with Crippen LogP contribution in [0.3, 0.4) is 0 Å². The molecule has 0 unspecified atom stereocenters. The number of pyridine rings is 2. The number of carbonyl (C=O) groups is 1. The number of amides is 1. The van der Waals surface area contributed by atoms with Crippen LogP contribution < -0.4 is 20.1 Å². The first kappa shape index (κ1) is 40.0. The van der Waals surface area contributed by atoms with Gasteiger partial charge in [0.25, 0.3) is 11.8 Å². The molecular weight excluding hydrogens is 741 g/mol. The van der Waals surface area contributed by atoms with E-state index in [1.807, 2.05) is 24.3 Å². The summed E-state index contributed by atoms with van der Waals surface area (Å²) in [6.07, 6.45) is 3.45. The van der Waals surface area contributed by atoms with Crippen LogP contribution in [0.25, 0.3) is 44.8 Å². The van der Waals surface area contributed by atoms with Gasteiger partial charge in [0.15, 0.2) is 6.61 Å². The molecule has 300 valence electrons. The fourth-order valence-corrected chi connectivity index (χ4v) is 6.07. The molecule has 2 N–H and O–H groups in total. The number of carbonyl (C=O) groups excluding carboxylic acids is 1. The standard InChI is InChI=1S/C44H46N6O8/c1-52-42-28-35(15-16-47-42)44-49-43(50-58-44)39-13-10-33-26-36(12-14-38(33)48-39)56-30-41(51)46-18-20-54-22-24-55-23-21-53-19-17-45-29-32-7-9-34-27-37(57-40(34)25-32)11-8-31-5-3-2-4-6-31/h2-7,9-10,12-16,25-28,45H,8,11,17-24,29-30H2,1H3,(H,46,51). The average Bonchev–Trinajstić information content (AvgIpc) is 3.93. The van der Waals surface area contributed by atoms with Crippen LogP contribution in [0.1, 0.15) is 16.9 Å². The van der Waals surface area contributed by atoms with Crippen LogP contribution in [0.4, 0.5) is 0 Å². The lowest BCUT2D eigenvalue weighted by atomic mass is 10.1. The zero-order valence-corrected chi connectivity index (χ0v) is 32.4. The number of nitrogens with zero attached hydrogens (tertiary/aromatic N) is 4. The van der Waals surface area contributed by atoms with Crippen molar-refractivity contribution in [3.63, 3.8) is 0 Å². The molecule has 0 aliphatic carbocycles. The molecule has 0 spiro atoms. The maximum absolute atomic E-state index is 12.3. The van der Waals surface area contributed by atoms with Crippen molar-refractivity contribution in [2.24, 2.45) is 0 Å². The topological polar surface area (TPSA) is 165 Å². The van der Waals surface area contributed by atoms with Gasteiger partial charge in [0.05, 0.1) is 52.3 Å². The highest BCUT2D eigenvalue weighted by Gasteiger charge is 2.14. The van der Waals surface area contributed by atoms with Gasteiger partial charge in [-0.15, -0.1) is 0 Å². The lowest BCUT2D eigenvalue weighted by Crippen LogP contribution is -2.31. The smallest absolute Gasteiger partial charge is 0.258 e. The lowest BCUT2D eigenvalue weighted by molar-refractivity contribution is -0.123. The Kier molecular flexibility index (Phi) is 14.4. The number of aryl methyl sites for hydroxylation is 2. The second kappa shape index (κ2) is 20.8. The molecule has 14 nitrogen and oxygen atoms in total. The number of rotatable bonds is 23. The molecule has 0 aliphatic heterocycles. The van der Waals surface area contributed by atoms with Gasteiger partial charge in [-0.25, -0.2) is 9.97 Å². The van der Waals surface area contributed by atoms with Crippen molar-refractivity contribution in [1.82, 2.24) is 30.7 Å². The van der Waals surface area contributed by atoms with Crippen LogP contribution in [-0.4, -0.2) is 92.5 Å². The van der Waals surface area contributed by atoms with Gasteiger partial charge in [-0.1, -0.05) is 53.7 Å². The van der Waals surface area contributed by atoms with Gasteiger partial charge < -0.3 is 43.3 Å². The maximum atomic E-state index is 12.3. The molecule has 4 aromatic heterocycles. The van der Waals surface area contributed by atoms with Crippen molar-refractivity contribution in [3.8, 4) is 34.6 Å². The summed E-state index contributed by atoms with van der Waals surface area (Å²) in [6, 6.07) is 31.5. The fraction of sp³-hybridized carbons (Fsp3) is 0.295. The van der Waals surface area contributed by atoms with Crippen molar-refractivity contribution in [2.45, 2.75) is 19.4 Å². The molecule has 3 aromatic carbocycles. The molecule has 0 saturated heterocycles. The molecular formula is C44H46N6O8. The van der Waals surface area contributed by atoms with E-state index in [1.165, 1.54) is 11.1 Å². The Morgan fingerprint density at radius 1 is 0.741 bits per heavy atom. The van der Waals surface area contributed by atoms with E-state index in [0.29, 0.717) is 86.3 Å². The quantitative estimate of drug-likeness (QED) is 0.0703. The summed E-state index contributed by atoms with van der Waals surface area (Å²) in [5.41, 5.74) is 5.36. The number of nitrogens with one attached hydrogen (secondary N) is 2. The second-order valence-electron chi connectivity index (χ2n) is 13.3. The Hall–Kier alpha value is -6.19. The van der Waals surface area contributed by atoms with E-state index >= 15 is 0 Å². The molecule has 14 heteroatoms. The van der Waals surface area contributed by atoms with Crippen molar-refractivity contribution in [3.05, 3.63) is 120 Å². The summed E-state index contributed by atoms with van der Waals surface area (Å²) in [5, 5.41) is 12.3. The Morgan fingerprint density at radius 3 is 2.40 bits per heavy atom. The van der Waals surface area contributed by atoms with Crippen LogP contribution >= 0.6 is 0 Å². The number of aromatic nitrogens is 4. The zero-order chi connectivity index (χ0) is 39.8. The van der Waals surface area contributed by atoms with E-state index in [0.717, 1.165) is 48.0 Å². The first-order valence-corrected chi connectivity index (χ1v) is 19.2. The Morgan fingerprint density at radius 2 is 1.55 bits per heavy atom. The second-order valence-corrected chi connectivity index (χ2v) is 13.3. The molecule has 7 aromatic rings. The molecule has 1 amide bonds. The van der Waals surface area contributed by atoms with Gasteiger partial charge in [0.2, 0.25) is 11.7 Å². The molecule has 0 fully saturated rings. The number of benzene rings is 3.